The fourth-order valence-corrected chi connectivity index (χ4v) is 3.44. The molecule has 0 saturated carbocycles. The Morgan fingerprint density at radius 2 is 1.81 bits per heavy atom. The SMILES string of the molecule is COc1ccc(C(C)=O)cc1CSCC(=O)Nc1cc(C)c(Cl)cc1OC. The van der Waals surface area contributed by atoms with Gasteiger partial charge in [-0.05, 0) is 43.7 Å². The Balaban J connectivity index is 2.00. The zero-order valence-electron chi connectivity index (χ0n) is 15.7. The topological polar surface area (TPSA) is 64.6 Å². The van der Waals surface area contributed by atoms with Crippen LogP contribution in [-0.2, 0) is 10.5 Å². The monoisotopic (exact) mass is 407 g/mol. The van der Waals surface area contributed by atoms with Crippen LogP contribution in [0.3, 0.4) is 0 Å². The summed E-state index contributed by atoms with van der Waals surface area (Å²) in [5.74, 6) is 1.85. The van der Waals surface area contributed by atoms with Gasteiger partial charge >= 0.3 is 0 Å². The summed E-state index contributed by atoms with van der Waals surface area (Å²) >= 11 is 7.52. The number of carbonyl (C=O) groups excluding carboxylic acids is 2. The second-order valence-electron chi connectivity index (χ2n) is 5.93. The molecule has 1 amide bonds. The number of carbonyl (C=O) groups is 2. The maximum atomic E-state index is 12.3. The highest BCUT2D eigenvalue weighted by Gasteiger charge is 2.12. The predicted molar refractivity (Wildman–Crippen MR) is 111 cm³/mol. The number of nitrogens with one attached hydrogen (secondary N) is 1. The summed E-state index contributed by atoms with van der Waals surface area (Å²) < 4.78 is 10.6. The number of aryl methyl sites for hydroxylation is 1. The third-order valence-corrected chi connectivity index (χ3v) is 5.32. The molecular weight excluding hydrogens is 386 g/mol. The molecule has 144 valence electrons. The van der Waals surface area contributed by atoms with Gasteiger partial charge in [0.05, 0.1) is 25.7 Å². The maximum Gasteiger partial charge on any atom is 0.234 e. The minimum Gasteiger partial charge on any atom is -0.496 e. The summed E-state index contributed by atoms with van der Waals surface area (Å²) in [6.07, 6.45) is 0. The molecule has 2 aromatic carbocycles. The highest BCUT2D eigenvalue weighted by atomic mass is 35.5. The second-order valence-corrected chi connectivity index (χ2v) is 7.32. The molecule has 0 aromatic heterocycles. The summed E-state index contributed by atoms with van der Waals surface area (Å²) in [6, 6.07) is 8.77. The first kappa shape index (κ1) is 21.1. The Morgan fingerprint density at radius 1 is 1.11 bits per heavy atom. The molecule has 0 radical (unpaired) electrons. The van der Waals surface area contributed by atoms with Crippen LogP contribution in [0.15, 0.2) is 30.3 Å². The molecule has 2 aromatic rings. The first-order valence-electron chi connectivity index (χ1n) is 8.25. The molecule has 0 aliphatic rings. The fourth-order valence-electron chi connectivity index (χ4n) is 2.48. The molecule has 0 aliphatic carbocycles. The number of hydrogen-bond donors (Lipinski definition) is 1. The van der Waals surface area contributed by atoms with Crippen LogP contribution in [-0.4, -0.2) is 31.7 Å². The van der Waals surface area contributed by atoms with E-state index < -0.39 is 0 Å². The van der Waals surface area contributed by atoms with Crippen LogP contribution in [0.2, 0.25) is 5.02 Å². The van der Waals surface area contributed by atoms with Gasteiger partial charge in [0.25, 0.3) is 0 Å². The van der Waals surface area contributed by atoms with Gasteiger partial charge in [-0.25, -0.2) is 0 Å². The van der Waals surface area contributed by atoms with Crippen molar-refractivity contribution in [3.8, 4) is 11.5 Å². The zero-order valence-corrected chi connectivity index (χ0v) is 17.3. The van der Waals surface area contributed by atoms with Crippen molar-refractivity contribution < 1.29 is 19.1 Å². The van der Waals surface area contributed by atoms with E-state index in [4.69, 9.17) is 21.1 Å². The lowest BCUT2D eigenvalue weighted by molar-refractivity contribution is -0.113. The zero-order chi connectivity index (χ0) is 20.0. The summed E-state index contributed by atoms with van der Waals surface area (Å²) in [7, 11) is 3.11. The molecule has 0 heterocycles. The molecule has 0 unspecified atom stereocenters. The normalized spacial score (nSPS) is 10.4. The Bertz CT molecular complexity index is 854. The number of methoxy groups -OCH3 is 2. The van der Waals surface area contributed by atoms with Crippen LogP contribution in [0.1, 0.15) is 28.4 Å². The second kappa shape index (κ2) is 9.67. The summed E-state index contributed by atoms with van der Waals surface area (Å²) in [6.45, 7) is 3.38. The van der Waals surface area contributed by atoms with Gasteiger partial charge in [-0.3, -0.25) is 9.59 Å². The molecule has 0 bridgehead atoms. The van der Waals surface area contributed by atoms with Crippen molar-refractivity contribution in [3.05, 3.63) is 52.0 Å². The Kier molecular flexibility index (Phi) is 7.56. The minimum absolute atomic E-state index is 0.00755. The Hall–Kier alpha value is -2.18. The van der Waals surface area contributed by atoms with Gasteiger partial charge in [0, 0.05) is 28.0 Å². The molecule has 2 rings (SSSR count). The largest absolute Gasteiger partial charge is 0.496 e. The number of amides is 1. The number of hydrogen-bond acceptors (Lipinski definition) is 5. The first-order valence-corrected chi connectivity index (χ1v) is 9.78. The first-order chi connectivity index (χ1) is 12.8. The lowest BCUT2D eigenvalue weighted by atomic mass is 10.1. The minimum atomic E-state index is -0.151. The molecule has 0 atom stereocenters. The molecule has 0 fully saturated rings. The Labute approximate surface area is 168 Å². The average molecular weight is 408 g/mol. The summed E-state index contributed by atoms with van der Waals surface area (Å²) in [4.78, 5) is 23.9. The van der Waals surface area contributed by atoms with Gasteiger partial charge in [0.2, 0.25) is 5.91 Å². The highest BCUT2D eigenvalue weighted by Crippen LogP contribution is 2.31. The molecule has 7 heteroatoms. The van der Waals surface area contributed by atoms with Crippen LogP contribution in [0.5, 0.6) is 11.5 Å². The molecule has 0 saturated heterocycles. The number of halogens is 1. The molecule has 0 spiro atoms. The number of benzene rings is 2. The van der Waals surface area contributed by atoms with Gasteiger partial charge in [-0.15, -0.1) is 11.8 Å². The number of thioether (sulfide) groups is 1. The van der Waals surface area contributed by atoms with Crippen molar-refractivity contribution >= 4 is 40.7 Å². The van der Waals surface area contributed by atoms with E-state index >= 15 is 0 Å². The van der Waals surface area contributed by atoms with Crippen molar-refractivity contribution in [3.63, 3.8) is 0 Å². The average Bonchev–Trinajstić information content (AvgIpc) is 2.64. The van der Waals surface area contributed by atoms with E-state index in [1.165, 1.54) is 25.8 Å². The van der Waals surface area contributed by atoms with E-state index in [0.29, 0.717) is 33.5 Å². The van der Waals surface area contributed by atoms with Crippen molar-refractivity contribution in [2.75, 3.05) is 25.3 Å². The van der Waals surface area contributed by atoms with E-state index in [2.05, 4.69) is 5.32 Å². The van der Waals surface area contributed by atoms with E-state index in [1.54, 1.807) is 37.4 Å². The van der Waals surface area contributed by atoms with Crippen molar-refractivity contribution in [2.45, 2.75) is 19.6 Å². The summed E-state index contributed by atoms with van der Waals surface area (Å²) in [5.41, 5.74) is 2.94. The van der Waals surface area contributed by atoms with Crippen molar-refractivity contribution in [2.24, 2.45) is 0 Å². The van der Waals surface area contributed by atoms with Crippen LogP contribution in [0.25, 0.3) is 0 Å². The van der Waals surface area contributed by atoms with Crippen LogP contribution in [0.4, 0.5) is 5.69 Å². The van der Waals surface area contributed by atoms with Crippen LogP contribution in [0, 0.1) is 6.92 Å². The Morgan fingerprint density at radius 3 is 2.44 bits per heavy atom. The molecular formula is C20H22ClNO4S. The van der Waals surface area contributed by atoms with E-state index in [-0.39, 0.29) is 17.4 Å². The standard InChI is InChI=1S/C20H22ClNO4S/c1-12-7-17(19(26-4)9-16(12)21)22-20(24)11-27-10-15-8-14(13(2)23)5-6-18(15)25-3/h5-9H,10-11H2,1-4H3,(H,22,24). The number of anilines is 1. The smallest absolute Gasteiger partial charge is 0.234 e. The number of rotatable bonds is 8. The maximum absolute atomic E-state index is 12.3. The number of Topliss-reactive ketones (excluding diaryl/α,β-unsaturated/α-hetero) is 1. The highest BCUT2D eigenvalue weighted by molar-refractivity contribution is 7.99. The third-order valence-electron chi connectivity index (χ3n) is 3.93. The van der Waals surface area contributed by atoms with Gasteiger partial charge in [-0.2, -0.15) is 0 Å². The third kappa shape index (κ3) is 5.65. The van der Waals surface area contributed by atoms with Gasteiger partial charge in [0.15, 0.2) is 5.78 Å². The number of ether oxygens (including phenoxy) is 2. The van der Waals surface area contributed by atoms with Gasteiger partial charge in [0.1, 0.15) is 11.5 Å². The lowest BCUT2D eigenvalue weighted by Gasteiger charge is -2.13. The van der Waals surface area contributed by atoms with Crippen molar-refractivity contribution in [1.29, 1.82) is 0 Å². The predicted octanol–water partition coefficient (Wildman–Crippen LogP) is 4.74. The lowest BCUT2D eigenvalue weighted by Crippen LogP contribution is -2.15. The quantitative estimate of drug-likeness (QED) is 0.640. The molecule has 5 nitrogen and oxygen atoms in total. The van der Waals surface area contributed by atoms with E-state index in [9.17, 15) is 9.59 Å². The molecule has 27 heavy (non-hydrogen) atoms. The van der Waals surface area contributed by atoms with Gasteiger partial charge in [-0.1, -0.05) is 11.6 Å². The van der Waals surface area contributed by atoms with Crippen molar-refractivity contribution in [1.82, 2.24) is 0 Å². The summed E-state index contributed by atoms with van der Waals surface area (Å²) in [5, 5.41) is 3.43. The van der Waals surface area contributed by atoms with E-state index in [0.717, 1.165) is 11.1 Å². The van der Waals surface area contributed by atoms with Gasteiger partial charge < -0.3 is 14.8 Å². The van der Waals surface area contributed by atoms with Crippen LogP contribution >= 0.6 is 23.4 Å². The molecule has 1 N–H and O–H groups in total. The van der Waals surface area contributed by atoms with Crippen LogP contribution < -0.4 is 14.8 Å². The molecule has 0 aliphatic heterocycles. The van der Waals surface area contributed by atoms with E-state index in [1.807, 2.05) is 6.92 Å². The number of ketones is 1. The fraction of sp³-hybridized carbons (Fsp3) is 0.300.